The van der Waals surface area contributed by atoms with Gasteiger partial charge in [0.1, 0.15) is 5.65 Å². The molecule has 1 saturated heterocycles. The predicted octanol–water partition coefficient (Wildman–Crippen LogP) is 1.40. The number of fused-ring (bicyclic) bond motifs is 1. The Kier molecular flexibility index (Phi) is 5.99. The number of amides is 1. The molecule has 1 atom stereocenters. The SMILES string of the molecule is CCc1cc(C(=O)NCCN2CCC(c3ccccc3)C2)c2c(=O)[nH]c(=O)n(C)c2n1. The van der Waals surface area contributed by atoms with Gasteiger partial charge in [0.2, 0.25) is 0 Å². The summed E-state index contributed by atoms with van der Waals surface area (Å²) in [5.41, 5.74) is 1.35. The van der Waals surface area contributed by atoms with Crippen molar-refractivity contribution in [1.82, 2.24) is 24.8 Å². The molecule has 0 spiro atoms. The number of hydrogen-bond acceptors (Lipinski definition) is 5. The molecule has 4 rings (SSSR count). The minimum atomic E-state index is -0.594. The Balaban J connectivity index is 1.46. The van der Waals surface area contributed by atoms with E-state index in [0.29, 0.717) is 24.6 Å². The maximum absolute atomic E-state index is 12.9. The van der Waals surface area contributed by atoms with Gasteiger partial charge in [-0.05, 0) is 36.9 Å². The molecule has 2 aromatic heterocycles. The maximum Gasteiger partial charge on any atom is 0.329 e. The Morgan fingerprint density at radius 1 is 1.26 bits per heavy atom. The number of nitrogens with zero attached hydrogens (tertiary/aromatic N) is 3. The average molecular weight is 422 g/mol. The lowest BCUT2D eigenvalue weighted by molar-refractivity contribution is 0.0951. The van der Waals surface area contributed by atoms with Gasteiger partial charge in [0.25, 0.3) is 11.5 Å². The van der Waals surface area contributed by atoms with Crippen LogP contribution in [0.1, 0.15) is 40.9 Å². The molecule has 3 heterocycles. The standard InChI is InChI=1S/C23H27N5O3/c1-3-17-13-18(19-20(25-17)27(2)23(31)26-22(19)30)21(29)24-10-12-28-11-9-16(14-28)15-7-5-4-6-8-15/h4-8,13,16H,3,9-12,14H2,1-2H3,(H,24,29)(H,26,30,31). The molecule has 1 amide bonds. The number of hydrogen-bond donors (Lipinski definition) is 2. The van der Waals surface area contributed by atoms with Crippen LogP contribution in [0.3, 0.4) is 0 Å². The van der Waals surface area contributed by atoms with E-state index in [1.807, 2.05) is 13.0 Å². The van der Waals surface area contributed by atoms with Crippen LogP contribution >= 0.6 is 0 Å². The lowest BCUT2D eigenvalue weighted by Gasteiger charge is -2.17. The number of aromatic nitrogens is 3. The highest BCUT2D eigenvalue weighted by molar-refractivity contribution is 6.05. The van der Waals surface area contributed by atoms with E-state index in [0.717, 1.165) is 26.1 Å². The lowest BCUT2D eigenvalue weighted by Crippen LogP contribution is -2.35. The number of H-pyrrole nitrogens is 1. The van der Waals surface area contributed by atoms with Gasteiger partial charge in [0.05, 0.1) is 10.9 Å². The van der Waals surface area contributed by atoms with Crippen LogP contribution in [-0.4, -0.2) is 51.5 Å². The fourth-order valence-electron chi connectivity index (χ4n) is 4.21. The van der Waals surface area contributed by atoms with Crippen molar-refractivity contribution in [2.45, 2.75) is 25.7 Å². The third-order valence-electron chi connectivity index (χ3n) is 5.99. The second kappa shape index (κ2) is 8.85. The van der Waals surface area contributed by atoms with Gasteiger partial charge >= 0.3 is 5.69 Å². The molecule has 1 aliphatic heterocycles. The van der Waals surface area contributed by atoms with Gasteiger partial charge < -0.3 is 10.2 Å². The van der Waals surface area contributed by atoms with Gasteiger partial charge in [0.15, 0.2) is 0 Å². The number of carbonyl (C=O) groups excluding carboxylic acids is 1. The highest BCUT2D eigenvalue weighted by atomic mass is 16.2. The molecule has 1 aliphatic rings. The van der Waals surface area contributed by atoms with E-state index < -0.39 is 11.2 Å². The fraction of sp³-hybridized carbons (Fsp3) is 0.391. The minimum Gasteiger partial charge on any atom is -0.351 e. The van der Waals surface area contributed by atoms with Crippen LogP contribution in [0.2, 0.25) is 0 Å². The Hall–Kier alpha value is -3.26. The van der Waals surface area contributed by atoms with Crippen molar-refractivity contribution in [1.29, 1.82) is 0 Å². The molecule has 0 aliphatic carbocycles. The second-order valence-corrected chi connectivity index (χ2v) is 7.98. The van der Waals surface area contributed by atoms with E-state index in [2.05, 4.69) is 44.5 Å². The molecule has 31 heavy (non-hydrogen) atoms. The third-order valence-corrected chi connectivity index (χ3v) is 5.99. The number of nitrogens with one attached hydrogen (secondary N) is 2. The van der Waals surface area contributed by atoms with E-state index in [4.69, 9.17) is 0 Å². The highest BCUT2D eigenvalue weighted by Gasteiger charge is 2.24. The summed E-state index contributed by atoms with van der Waals surface area (Å²) in [6.45, 7) is 5.11. The predicted molar refractivity (Wildman–Crippen MR) is 120 cm³/mol. The summed E-state index contributed by atoms with van der Waals surface area (Å²) >= 11 is 0. The van der Waals surface area contributed by atoms with Crippen LogP contribution in [0.5, 0.6) is 0 Å². The molecule has 0 radical (unpaired) electrons. The average Bonchev–Trinajstić information content (AvgIpc) is 3.26. The van der Waals surface area contributed by atoms with Crippen molar-refractivity contribution in [3.63, 3.8) is 0 Å². The van der Waals surface area contributed by atoms with Crippen molar-refractivity contribution < 1.29 is 4.79 Å². The Bertz CT molecular complexity index is 1220. The zero-order valence-electron chi connectivity index (χ0n) is 17.9. The minimum absolute atomic E-state index is 0.141. The van der Waals surface area contributed by atoms with Crippen LogP contribution in [0, 0.1) is 0 Å². The Morgan fingerprint density at radius 2 is 2.03 bits per heavy atom. The molecule has 162 valence electrons. The Labute approximate surface area is 179 Å². The fourth-order valence-corrected chi connectivity index (χ4v) is 4.21. The van der Waals surface area contributed by atoms with Crippen LogP contribution in [0.15, 0.2) is 46.0 Å². The first-order valence-electron chi connectivity index (χ1n) is 10.7. The van der Waals surface area contributed by atoms with Crippen molar-refractivity contribution in [2.24, 2.45) is 7.05 Å². The lowest BCUT2D eigenvalue weighted by atomic mass is 9.99. The van der Waals surface area contributed by atoms with Crippen molar-refractivity contribution >= 4 is 16.9 Å². The normalized spacial score (nSPS) is 16.6. The molecule has 3 aromatic rings. The summed E-state index contributed by atoms with van der Waals surface area (Å²) in [4.78, 5) is 46.3. The summed E-state index contributed by atoms with van der Waals surface area (Å²) < 4.78 is 1.26. The summed E-state index contributed by atoms with van der Waals surface area (Å²) in [6, 6.07) is 12.1. The topological polar surface area (TPSA) is 100 Å². The van der Waals surface area contributed by atoms with E-state index in [9.17, 15) is 14.4 Å². The van der Waals surface area contributed by atoms with Gasteiger partial charge in [-0.3, -0.25) is 19.1 Å². The zero-order chi connectivity index (χ0) is 22.0. The first-order valence-corrected chi connectivity index (χ1v) is 10.7. The number of aryl methyl sites for hydroxylation is 2. The summed E-state index contributed by atoms with van der Waals surface area (Å²) in [5.74, 6) is 0.193. The third kappa shape index (κ3) is 4.29. The second-order valence-electron chi connectivity index (χ2n) is 7.98. The number of benzene rings is 1. The van der Waals surface area contributed by atoms with Gasteiger partial charge in [-0.15, -0.1) is 0 Å². The largest absolute Gasteiger partial charge is 0.351 e. The van der Waals surface area contributed by atoms with Gasteiger partial charge in [-0.25, -0.2) is 9.78 Å². The van der Waals surface area contributed by atoms with Gasteiger partial charge in [-0.1, -0.05) is 37.3 Å². The molecule has 2 N–H and O–H groups in total. The quantitative estimate of drug-likeness (QED) is 0.627. The number of carbonyl (C=O) groups is 1. The smallest absolute Gasteiger partial charge is 0.329 e. The van der Waals surface area contributed by atoms with Gasteiger partial charge in [-0.2, -0.15) is 0 Å². The molecule has 1 fully saturated rings. The molecule has 8 nitrogen and oxygen atoms in total. The van der Waals surface area contributed by atoms with Crippen molar-refractivity contribution in [3.05, 3.63) is 74.1 Å². The number of likely N-dealkylation sites (tertiary alicyclic amines) is 1. The monoisotopic (exact) mass is 421 g/mol. The highest BCUT2D eigenvalue weighted by Crippen LogP contribution is 2.26. The number of aromatic amines is 1. The Morgan fingerprint density at radius 3 is 2.77 bits per heavy atom. The molecule has 8 heteroatoms. The van der Waals surface area contributed by atoms with Crippen LogP contribution in [0.4, 0.5) is 0 Å². The molecule has 1 unspecified atom stereocenters. The molecule has 0 bridgehead atoms. The number of pyridine rings is 1. The maximum atomic E-state index is 12.9. The summed E-state index contributed by atoms with van der Waals surface area (Å²) in [6.07, 6.45) is 1.70. The molecular weight excluding hydrogens is 394 g/mol. The van der Waals surface area contributed by atoms with E-state index in [-0.39, 0.29) is 22.5 Å². The van der Waals surface area contributed by atoms with Crippen LogP contribution < -0.4 is 16.6 Å². The molecular formula is C23H27N5O3. The zero-order valence-corrected chi connectivity index (χ0v) is 17.9. The van der Waals surface area contributed by atoms with E-state index in [1.54, 1.807) is 6.07 Å². The van der Waals surface area contributed by atoms with E-state index >= 15 is 0 Å². The summed E-state index contributed by atoms with van der Waals surface area (Å²) in [5, 5.41) is 3.08. The summed E-state index contributed by atoms with van der Waals surface area (Å²) in [7, 11) is 1.53. The molecule has 1 aromatic carbocycles. The van der Waals surface area contributed by atoms with E-state index in [1.165, 1.54) is 17.2 Å². The van der Waals surface area contributed by atoms with Crippen LogP contribution in [-0.2, 0) is 13.5 Å². The first-order chi connectivity index (χ1) is 15.0. The first kappa shape index (κ1) is 21.0. The van der Waals surface area contributed by atoms with Crippen LogP contribution in [0.25, 0.3) is 11.0 Å². The molecule has 0 saturated carbocycles. The van der Waals surface area contributed by atoms with Crippen molar-refractivity contribution in [2.75, 3.05) is 26.2 Å². The van der Waals surface area contributed by atoms with Gasteiger partial charge in [0, 0.05) is 32.4 Å². The number of rotatable bonds is 6. The van der Waals surface area contributed by atoms with Crippen molar-refractivity contribution in [3.8, 4) is 0 Å².